The SMILES string of the molecule is COc1ncc(NC(=O)Nc2cnc3cc(Cl)nn3c2[C@@H](OC)[C@H](C)OC)cc1C#N. The van der Waals surface area contributed by atoms with Crippen LogP contribution in [-0.2, 0) is 9.47 Å². The van der Waals surface area contributed by atoms with Crippen LogP contribution < -0.4 is 15.4 Å². The Hall–Kier alpha value is -3.46. The Kier molecular flexibility index (Phi) is 6.86. The lowest BCUT2D eigenvalue weighted by Gasteiger charge is -2.24. The number of rotatable bonds is 7. The molecule has 2 amide bonds. The van der Waals surface area contributed by atoms with Crippen molar-refractivity contribution in [3.63, 3.8) is 0 Å². The number of carbonyl (C=O) groups excluding carboxylic acids is 1. The molecule has 3 rings (SSSR count). The molecule has 0 fully saturated rings. The first-order valence-corrected chi connectivity index (χ1v) is 9.41. The van der Waals surface area contributed by atoms with E-state index < -0.39 is 12.1 Å². The molecule has 0 saturated carbocycles. The molecule has 0 unspecified atom stereocenters. The minimum absolute atomic E-state index is 0.164. The molecule has 11 nitrogen and oxygen atoms in total. The van der Waals surface area contributed by atoms with Crippen LogP contribution in [0.15, 0.2) is 24.5 Å². The van der Waals surface area contributed by atoms with Crippen LogP contribution in [0.2, 0.25) is 5.15 Å². The number of hydrogen-bond donors (Lipinski definition) is 2. The van der Waals surface area contributed by atoms with E-state index in [1.54, 1.807) is 13.2 Å². The normalized spacial score (nSPS) is 12.8. The summed E-state index contributed by atoms with van der Waals surface area (Å²) in [6.45, 7) is 1.82. The highest BCUT2D eigenvalue weighted by molar-refractivity contribution is 6.29. The van der Waals surface area contributed by atoms with Gasteiger partial charge in [-0.1, -0.05) is 11.6 Å². The molecular formula is C19H20ClN7O4. The first-order chi connectivity index (χ1) is 14.9. The predicted octanol–water partition coefficient (Wildman–Crippen LogP) is 3.02. The number of anilines is 2. The molecule has 3 aromatic rings. The standard InChI is InChI=1S/C19H20ClN7O4/c1-10(29-2)17(30-3)16-13(9-22-15-6-14(20)26-27(15)16)25-19(28)24-12-5-11(7-21)18(31-4)23-8-12/h5-6,8-10,17H,1-4H3,(H2,24,25,28)/t10-,17-/m0/s1. The molecule has 0 radical (unpaired) electrons. The first kappa shape index (κ1) is 22.2. The molecule has 0 saturated heterocycles. The van der Waals surface area contributed by atoms with Crippen LogP contribution in [0.25, 0.3) is 5.65 Å². The molecule has 3 heterocycles. The number of amides is 2. The zero-order valence-corrected chi connectivity index (χ0v) is 18.0. The number of nitrogens with one attached hydrogen (secondary N) is 2. The van der Waals surface area contributed by atoms with Crippen molar-refractivity contribution < 1.29 is 19.0 Å². The van der Waals surface area contributed by atoms with Gasteiger partial charge in [0, 0.05) is 20.3 Å². The smallest absolute Gasteiger partial charge is 0.323 e. The number of ether oxygens (including phenoxy) is 3. The Bertz CT molecular complexity index is 1140. The molecule has 0 aromatic carbocycles. The minimum Gasteiger partial charge on any atom is -0.480 e. The van der Waals surface area contributed by atoms with Gasteiger partial charge in [0.15, 0.2) is 10.8 Å². The van der Waals surface area contributed by atoms with Crippen LogP contribution >= 0.6 is 11.6 Å². The van der Waals surface area contributed by atoms with Crippen molar-refractivity contribution in [1.29, 1.82) is 5.26 Å². The summed E-state index contributed by atoms with van der Waals surface area (Å²) in [6.07, 6.45) is 1.89. The quantitative estimate of drug-likeness (QED) is 0.566. The summed E-state index contributed by atoms with van der Waals surface area (Å²) in [7, 11) is 4.48. The Balaban J connectivity index is 1.94. The lowest BCUT2D eigenvalue weighted by Crippen LogP contribution is -2.26. The van der Waals surface area contributed by atoms with Gasteiger partial charge in [0.2, 0.25) is 5.88 Å². The molecule has 0 bridgehead atoms. The van der Waals surface area contributed by atoms with E-state index in [1.807, 2.05) is 13.0 Å². The van der Waals surface area contributed by atoms with E-state index in [-0.39, 0.29) is 22.7 Å². The topological polar surface area (TPSA) is 136 Å². The summed E-state index contributed by atoms with van der Waals surface area (Å²) < 4.78 is 17.5. The van der Waals surface area contributed by atoms with Crippen molar-refractivity contribution in [2.45, 2.75) is 19.1 Å². The van der Waals surface area contributed by atoms with Gasteiger partial charge in [-0.2, -0.15) is 10.4 Å². The van der Waals surface area contributed by atoms with Crippen molar-refractivity contribution in [1.82, 2.24) is 19.6 Å². The van der Waals surface area contributed by atoms with Gasteiger partial charge in [0.25, 0.3) is 0 Å². The highest BCUT2D eigenvalue weighted by Crippen LogP contribution is 2.30. The predicted molar refractivity (Wildman–Crippen MR) is 112 cm³/mol. The van der Waals surface area contributed by atoms with E-state index >= 15 is 0 Å². The van der Waals surface area contributed by atoms with Crippen LogP contribution in [0.4, 0.5) is 16.2 Å². The van der Waals surface area contributed by atoms with Gasteiger partial charge in [0.05, 0.1) is 37.0 Å². The highest BCUT2D eigenvalue weighted by Gasteiger charge is 2.27. The molecule has 0 aliphatic carbocycles. The maximum absolute atomic E-state index is 12.7. The summed E-state index contributed by atoms with van der Waals surface area (Å²) in [5.74, 6) is 0.164. The summed E-state index contributed by atoms with van der Waals surface area (Å²) in [6, 6.07) is 4.41. The molecule has 31 heavy (non-hydrogen) atoms. The summed E-state index contributed by atoms with van der Waals surface area (Å²) in [5.41, 5.74) is 1.80. The molecule has 3 aromatic heterocycles. The zero-order valence-electron chi connectivity index (χ0n) is 17.2. The average Bonchev–Trinajstić information content (AvgIpc) is 3.15. The second-order valence-electron chi connectivity index (χ2n) is 6.36. The Morgan fingerprint density at radius 1 is 1.19 bits per heavy atom. The lowest BCUT2D eigenvalue weighted by atomic mass is 10.1. The highest BCUT2D eigenvalue weighted by atomic mass is 35.5. The first-order valence-electron chi connectivity index (χ1n) is 9.03. The number of methoxy groups -OCH3 is 3. The van der Waals surface area contributed by atoms with Crippen molar-refractivity contribution in [3.8, 4) is 11.9 Å². The molecule has 0 aliphatic rings. The number of nitriles is 1. The fourth-order valence-corrected chi connectivity index (χ4v) is 3.16. The number of halogens is 1. The minimum atomic E-state index is -0.588. The molecule has 2 N–H and O–H groups in total. The van der Waals surface area contributed by atoms with Crippen LogP contribution in [0, 0.1) is 11.3 Å². The molecule has 162 valence electrons. The van der Waals surface area contributed by atoms with Gasteiger partial charge in [-0.3, -0.25) is 0 Å². The van der Waals surface area contributed by atoms with Crippen molar-refractivity contribution in [2.24, 2.45) is 0 Å². The van der Waals surface area contributed by atoms with Crippen molar-refractivity contribution in [3.05, 3.63) is 40.9 Å². The maximum atomic E-state index is 12.7. The number of hydrogen-bond acceptors (Lipinski definition) is 8. The van der Waals surface area contributed by atoms with Crippen LogP contribution in [0.3, 0.4) is 0 Å². The van der Waals surface area contributed by atoms with Crippen LogP contribution in [-0.4, -0.2) is 53.0 Å². The van der Waals surface area contributed by atoms with E-state index in [9.17, 15) is 10.1 Å². The van der Waals surface area contributed by atoms with E-state index in [0.717, 1.165) is 0 Å². The van der Waals surface area contributed by atoms with Crippen LogP contribution in [0.5, 0.6) is 5.88 Å². The molecule has 2 atom stereocenters. The monoisotopic (exact) mass is 445 g/mol. The van der Waals surface area contributed by atoms with Crippen molar-refractivity contribution >= 4 is 34.7 Å². The Morgan fingerprint density at radius 3 is 2.61 bits per heavy atom. The van der Waals surface area contributed by atoms with Gasteiger partial charge < -0.3 is 24.8 Å². The summed E-state index contributed by atoms with van der Waals surface area (Å²) in [4.78, 5) is 20.9. The number of urea groups is 1. The van der Waals surface area contributed by atoms with E-state index in [1.165, 1.54) is 37.2 Å². The van der Waals surface area contributed by atoms with Crippen molar-refractivity contribution in [2.75, 3.05) is 32.0 Å². The Morgan fingerprint density at radius 2 is 1.97 bits per heavy atom. The molecule has 0 spiro atoms. The number of pyridine rings is 1. The second-order valence-corrected chi connectivity index (χ2v) is 6.75. The molecular weight excluding hydrogens is 426 g/mol. The zero-order chi connectivity index (χ0) is 22.5. The third kappa shape index (κ3) is 4.66. The number of fused-ring (bicyclic) bond motifs is 1. The van der Waals surface area contributed by atoms with Gasteiger partial charge in [-0.25, -0.2) is 19.3 Å². The molecule has 12 heteroatoms. The fraction of sp³-hybridized carbons (Fsp3) is 0.316. The second kappa shape index (κ2) is 9.57. The lowest BCUT2D eigenvalue weighted by molar-refractivity contribution is -0.0305. The van der Waals surface area contributed by atoms with E-state index in [4.69, 9.17) is 25.8 Å². The summed E-state index contributed by atoms with van der Waals surface area (Å²) >= 11 is 6.05. The van der Waals surface area contributed by atoms with E-state index in [0.29, 0.717) is 22.7 Å². The number of aromatic nitrogens is 4. The van der Waals surface area contributed by atoms with Gasteiger partial charge in [-0.15, -0.1) is 0 Å². The largest absolute Gasteiger partial charge is 0.480 e. The van der Waals surface area contributed by atoms with Gasteiger partial charge >= 0.3 is 6.03 Å². The Labute approximate surface area is 182 Å². The third-order valence-corrected chi connectivity index (χ3v) is 4.67. The number of carbonyl (C=O) groups is 1. The number of nitrogens with zero attached hydrogens (tertiary/aromatic N) is 5. The maximum Gasteiger partial charge on any atom is 0.323 e. The van der Waals surface area contributed by atoms with Gasteiger partial charge in [0.1, 0.15) is 23.4 Å². The molecule has 0 aliphatic heterocycles. The fourth-order valence-electron chi connectivity index (χ4n) is 2.99. The third-order valence-electron chi connectivity index (χ3n) is 4.48. The van der Waals surface area contributed by atoms with E-state index in [2.05, 4.69) is 25.7 Å². The summed E-state index contributed by atoms with van der Waals surface area (Å²) in [5, 5.41) is 19.0. The average molecular weight is 446 g/mol. The van der Waals surface area contributed by atoms with Gasteiger partial charge in [-0.05, 0) is 13.0 Å². The van der Waals surface area contributed by atoms with Crippen LogP contribution in [0.1, 0.15) is 24.3 Å².